The highest BCUT2D eigenvalue weighted by molar-refractivity contribution is 5.90. The second kappa shape index (κ2) is 5.13. The van der Waals surface area contributed by atoms with Crippen LogP contribution in [-0.4, -0.2) is 57.7 Å². The molecule has 0 spiro atoms. The van der Waals surface area contributed by atoms with Crippen molar-refractivity contribution >= 4 is 11.8 Å². The van der Waals surface area contributed by atoms with Crippen LogP contribution in [0.3, 0.4) is 0 Å². The second-order valence-corrected chi connectivity index (χ2v) is 5.68. The SMILES string of the molecule is CC(C)(C)N1CCN(c2nccnc2C(=O)O)CC1. The normalized spacial score (nSPS) is 17.5. The summed E-state index contributed by atoms with van der Waals surface area (Å²) >= 11 is 0. The predicted molar refractivity (Wildman–Crippen MR) is 72.5 cm³/mol. The van der Waals surface area contributed by atoms with Crippen LogP contribution >= 0.6 is 0 Å². The minimum absolute atomic E-state index is 0.0340. The Morgan fingerprint density at radius 3 is 2.26 bits per heavy atom. The van der Waals surface area contributed by atoms with E-state index < -0.39 is 5.97 Å². The molecule has 2 rings (SSSR count). The zero-order chi connectivity index (χ0) is 14.0. The topological polar surface area (TPSA) is 69.6 Å². The van der Waals surface area contributed by atoms with E-state index in [9.17, 15) is 4.79 Å². The monoisotopic (exact) mass is 264 g/mol. The molecular formula is C13H20N4O2. The van der Waals surface area contributed by atoms with Crippen molar-refractivity contribution in [2.45, 2.75) is 26.3 Å². The molecule has 1 aliphatic heterocycles. The van der Waals surface area contributed by atoms with Crippen LogP contribution in [0.2, 0.25) is 0 Å². The zero-order valence-electron chi connectivity index (χ0n) is 11.6. The van der Waals surface area contributed by atoms with Crippen LogP contribution in [0.15, 0.2) is 12.4 Å². The second-order valence-electron chi connectivity index (χ2n) is 5.68. The Morgan fingerprint density at radius 2 is 1.74 bits per heavy atom. The third-order valence-electron chi connectivity index (χ3n) is 3.41. The van der Waals surface area contributed by atoms with Gasteiger partial charge in [0.2, 0.25) is 0 Å². The molecule has 0 atom stereocenters. The van der Waals surface area contributed by atoms with E-state index in [0.29, 0.717) is 5.82 Å². The summed E-state index contributed by atoms with van der Waals surface area (Å²) in [6.45, 7) is 9.92. The molecule has 1 aromatic rings. The largest absolute Gasteiger partial charge is 0.476 e. The Balaban J connectivity index is 2.12. The van der Waals surface area contributed by atoms with Gasteiger partial charge in [-0.05, 0) is 20.8 Å². The molecule has 1 aliphatic rings. The fourth-order valence-corrected chi connectivity index (χ4v) is 2.30. The van der Waals surface area contributed by atoms with Crippen LogP contribution in [0.5, 0.6) is 0 Å². The van der Waals surface area contributed by atoms with Gasteiger partial charge in [0.1, 0.15) is 0 Å². The third kappa shape index (κ3) is 3.01. The van der Waals surface area contributed by atoms with Crippen LogP contribution in [0.1, 0.15) is 31.3 Å². The fourth-order valence-electron chi connectivity index (χ4n) is 2.30. The molecule has 0 saturated carbocycles. The van der Waals surface area contributed by atoms with Gasteiger partial charge in [-0.15, -0.1) is 0 Å². The summed E-state index contributed by atoms with van der Waals surface area (Å²) in [7, 11) is 0. The van der Waals surface area contributed by atoms with E-state index in [-0.39, 0.29) is 11.2 Å². The number of carboxylic acids is 1. The smallest absolute Gasteiger partial charge is 0.358 e. The Morgan fingerprint density at radius 1 is 1.16 bits per heavy atom. The molecule has 0 radical (unpaired) electrons. The highest BCUT2D eigenvalue weighted by Gasteiger charge is 2.28. The van der Waals surface area contributed by atoms with E-state index in [0.717, 1.165) is 26.2 Å². The first-order chi connectivity index (χ1) is 8.89. The van der Waals surface area contributed by atoms with Gasteiger partial charge in [-0.25, -0.2) is 14.8 Å². The predicted octanol–water partition coefficient (Wildman–Crippen LogP) is 1.10. The number of hydrogen-bond donors (Lipinski definition) is 1. The average molecular weight is 264 g/mol. The third-order valence-corrected chi connectivity index (χ3v) is 3.41. The Labute approximate surface area is 113 Å². The number of piperazine rings is 1. The molecule has 1 N–H and O–H groups in total. The van der Waals surface area contributed by atoms with Crippen molar-refractivity contribution in [2.75, 3.05) is 31.1 Å². The summed E-state index contributed by atoms with van der Waals surface area (Å²) in [5, 5.41) is 9.14. The molecule has 0 aromatic carbocycles. The maximum absolute atomic E-state index is 11.1. The van der Waals surface area contributed by atoms with Gasteiger partial charge in [0, 0.05) is 44.1 Å². The van der Waals surface area contributed by atoms with Crippen LogP contribution in [0.4, 0.5) is 5.82 Å². The molecule has 0 amide bonds. The molecule has 6 heteroatoms. The number of carbonyl (C=O) groups is 1. The van der Waals surface area contributed by atoms with Crippen molar-refractivity contribution in [3.63, 3.8) is 0 Å². The van der Waals surface area contributed by atoms with Gasteiger partial charge in [0.15, 0.2) is 11.5 Å². The maximum atomic E-state index is 11.1. The standard InChI is InChI=1S/C13H20N4O2/c1-13(2,3)17-8-6-16(7-9-17)11-10(12(18)19)14-4-5-15-11/h4-5H,6-9H2,1-3H3,(H,18,19). The zero-order valence-corrected chi connectivity index (χ0v) is 11.6. The first-order valence-electron chi connectivity index (χ1n) is 6.44. The highest BCUT2D eigenvalue weighted by atomic mass is 16.4. The molecule has 0 unspecified atom stereocenters. The van der Waals surface area contributed by atoms with Gasteiger partial charge in [0.25, 0.3) is 0 Å². The molecule has 19 heavy (non-hydrogen) atoms. The number of rotatable bonds is 2. The molecule has 2 heterocycles. The highest BCUT2D eigenvalue weighted by Crippen LogP contribution is 2.20. The molecule has 104 valence electrons. The maximum Gasteiger partial charge on any atom is 0.358 e. The number of aromatic carboxylic acids is 1. The number of hydrogen-bond acceptors (Lipinski definition) is 5. The summed E-state index contributed by atoms with van der Waals surface area (Å²) < 4.78 is 0. The quantitative estimate of drug-likeness (QED) is 0.862. The van der Waals surface area contributed by atoms with Crippen LogP contribution < -0.4 is 4.90 Å². The Hall–Kier alpha value is -1.69. The van der Waals surface area contributed by atoms with Crippen molar-refractivity contribution in [3.8, 4) is 0 Å². The van der Waals surface area contributed by atoms with Gasteiger partial charge in [-0.3, -0.25) is 4.90 Å². The van der Waals surface area contributed by atoms with E-state index in [2.05, 4.69) is 35.6 Å². The van der Waals surface area contributed by atoms with Crippen molar-refractivity contribution in [1.29, 1.82) is 0 Å². The lowest BCUT2D eigenvalue weighted by atomic mass is 10.0. The van der Waals surface area contributed by atoms with Crippen molar-refractivity contribution in [2.24, 2.45) is 0 Å². The molecule has 1 saturated heterocycles. The molecule has 1 aromatic heterocycles. The van der Waals surface area contributed by atoms with Crippen molar-refractivity contribution in [1.82, 2.24) is 14.9 Å². The lowest BCUT2D eigenvalue weighted by molar-refractivity contribution is 0.0690. The lowest BCUT2D eigenvalue weighted by Gasteiger charge is -2.42. The van der Waals surface area contributed by atoms with E-state index in [4.69, 9.17) is 5.11 Å². The number of nitrogens with zero attached hydrogens (tertiary/aromatic N) is 4. The molecule has 1 fully saturated rings. The Kier molecular flexibility index (Phi) is 3.71. The van der Waals surface area contributed by atoms with Gasteiger partial charge in [-0.2, -0.15) is 0 Å². The molecular weight excluding hydrogens is 244 g/mol. The van der Waals surface area contributed by atoms with Gasteiger partial charge < -0.3 is 10.0 Å². The van der Waals surface area contributed by atoms with Crippen molar-refractivity contribution < 1.29 is 9.90 Å². The summed E-state index contributed by atoms with van der Waals surface area (Å²) in [5.74, 6) is -0.551. The van der Waals surface area contributed by atoms with Gasteiger partial charge in [-0.1, -0.05) is 0 Å². The number of carboxylic acid groups (broad SMARTS) is 1. The van der Waals surface area contributed by atoms with Gasteiger partial charge >= 0.3 is 5.97 Å². The minimum Gasteiger partial charge on any atom is -0.476 e. The summed E-state index contributed by atoms with van der Waals surface area (Å²) in [6.07, 6.45) is 2.95. The lowest BCUT2D eigenvalue weighted by Crippen LogP contribution is -2.53. The number of aromatic nitrogens is 2. The molecule has 6 nitrogen and oxygen atoms in total. The fraction of sp³-hybridized carbons (Fsp3) is 0.615. The average Bonchev–Trinajstić information content (AvgIpc) is 2.38. The van der Waals surface area contributed by atoms with E-state index >= 15 is 0 Å². The number of anilines is 1. The summed E-state index contributed by atoms with van der Waals surface area (Å²) in [6, 6.07) is 0. The van der Waals surface area contributed by atoms with E-state index in [1.54, 1.807) is 0 Å². The first-order valence-corrected chi connectivity index (χ1v) is 6.44. The Bertz CT molecular complexity index is 462. The van der Waals surface area contributed by atoms with E-state index in [1.807, 2.05) is 4.90 Å². The first kappa shape index (κ1) is 13.7. The summed E-state index contributed by atoms with van der Waals surface area (Å²) in [5.41, 5.74) is 0.177. The van der Waals surface area contributed by atoms with Crippen molar-refractivity contribution in [3.05, 3.63) is 18.1 Å². The van der Waals surface area contributed by atoms with E-state index in [1.165, 1.54) is 12.4 Å². The molecule has 0 aliphatic carbocycles. The molecule has 0 bridgehead atoms. The van der Waals surface area contributed by atoms with Gasteiger partial charge in [0.05, 0.1) is 0 Å². The minimum atomic E-state index is -1.03. The van der Waals surface area contributed by atoms with Crippen LogP contribution in [0, 0.1) is 0 Å². The van der Waals surface area contributed by atoms with Crippen LogP contribution in [-0.2, 0) is 0 Å². The van der Waals surface area contributed by atoms with Crippen LogP contribution in [0.25, 0.3) is 0 Å². The summed E-state index contributed by atoms with van der Waals surface area (Å²) in [4.78, 5) is 23.6.